The Morgan fingerprint density at radius 3 is 2.47 bits per heavy atom. The molecule has 0 amide bonds. The molecule has 1 N–H and O–H groups in total. The van der Waals surface area contributed by atoms with Crippen molar-refractivity contribution in [3.63, 3.8) is 0 Å². The number of rotatable bonds is 1. The Bertz CT molecular complexity index is 614. The molecule has 2 aromatic rings. The van der Waals surface area contributed by atoms with Crippen molar-refractivity contribution in [2.24, 2.45) is 0 Å². The second-order valence-electron chi connectivity index (χ2n) is 4.22. The molecule has 8 heteroatoms. The number of hydrogen-bond acceptors (Lipinski definition) is 3. The molecule has 3 rings (SSSR count). The Balaban J connectivity index is 2.05. The molecule has 0 fully saturated rings. The zero-order chi connectivity index (χ0) is 13.6. The van der Waals surface area contributed by atoms with Crippen LogP contribution in [-0.4, -0.2) is 21.7 Å². The first-order valence-corrected chi connectivity index (χ1v) is 5.54. The molecule has 3 heterocycles. The van der Waals surface area contributed by atoms with Crippen LogP contribution in [-0.2, 0) is 13.0 Å². The van der Waals surface area contributed by atoms with Crippen LogP contribution in [0.3, 0.4) is 0 Å². The first-order chi connectivity index (χ1) is 9.08. The monoisotopic (exact) mass is 272 g/mol. The van der Waals surface area contributed by atoms with Gasteiger partial charge < -0.3 is 4.90 Å². The van der Waals surface area contributed by atoms with Gasteiger partial charge in [-0.15, -0.1) is 0 Å². The first kappa shape index (κ1) is 11.9. The van der Waals surface area contributed by atoms with E-state index in [1.54, 1.807) is 0 Å². The van der Waals surface area contributed by atoms with Gasteiger partial charge in [0.25, 0.3) is 11.9 Å². The van der Waals surface area contributed by atoms with Crippen molar-refractivity contribution in [2.75, 3.05) is 11.4 Å². The predicted octanol–water partition coefficient (Wildman–Crippen LogP) is 1.92. The standard InChI is InChI=1S/C11H8F4N4/c12-7-9(8(13)11(15)17-10(7)14)19-2-1-6-5(4-19)3-16-18-6/h3H,1-2,4H2,(H,16,18). The van der Waals surface area contributed by atoms with Gasteiger partial charge in [0.15, 0.2) is 0 Å². The van der Waals surface area contributed by atoms with Crippen LogP contribution in [0.1, 0.15) is 11.3 Å². The van der Waals surface area contributed by atoms with E-state index in [4.69, 9.17) is 0 Å². The average molecular weight is 272 g/mol. The van der Waals surface area contributed by atoms with Crippen molar-refractivity contribution in [1.29, 1.82) is 0 Å². The lowest BCUT2D eigenvalue weighted by atomic mass is 10.1. The number of H-pyrrole nitrogens is 1. The van der Waals surface area contributed by atoms with Gasteiger partial charge in [-0.1, -0.05) is 0 Å². The minimum absolute atomic E-state index is 0.128. The van der Waals surface area contributed by atoms with E-state index in [2.05, 4.69) is 15.2 Å². The highest BCUT2D eigenvalue weighted by molar-refractivity contribution is 5.50. The number of aromatic amines is 1. The minimum Gasteiger partial charge on any atom is -0.362 e. The molecule has 1 aliphatic heterocycles. The fraction of sp³-hybridized carbons (Fsp3) is 0.273. The third-order valence-corrected chi connectivity index (χ3v) is 3.09. The molecule has 0 saturated carbocycles. The van der Waals surface area contributed by atoms with Gasteiger partial charge in [-0.3, -0.25) is 5.10 Å². The molecule has 0 aromatic carbocycles. The summed E-state index contributed by atoms with van der Waals surface area (Å²) in [7, 11) is 0. The van der Waals surface area contributed by atoms with E-state index in [1.165, 1.54) is 11.1 Å². The normalized spacial score (nSPS) is 14.6. The largest absolute Gasteiger partial charge is 0.362 e. The lowest BCUT2D eigenvalue weighted by Crippen LogP contribution is -2.32. The molecular formula is C11H8F4N4. The smallest absolute Gasteiger partial charge is 0.253 e. The van der Waals surface area contributed by atoms with E-state index in [9.17, 15) is 17.6 Å². The maximum absolute atomic E-state index is 13.6. The fourth-order valence-electron chi connectivity index (χ4n) is 2.17. The molecule has 0 atom stereocenters. The van der Waals surface area contributed by atoms with E-state index < -0.39 is 29.2 Å². The number of pyridine rings is 1. The van der Waals surface area contributed by atoms with Crippen molar-refractivity contribution in [3.05, 3.63) is 41.0 Å². The molecule has 0 spiro atoms. The third kappa shape index (κ3) is 1.83. The Labute approximate surface area is 105 Å². The van der Waals surface area contributed by atoms with Crippen LogP contribution in [0, 0.1) is 23.5 Å². The third-order valence-electron chi connectivity index (χ3n) is 3.09. The molecule has 19 heavy (non-hydrogen) atoms. The summed E-state index contributed by atoms with van der Waals surface area (Å²) in [5.74, 6) is -6.25. The van der Waals surface area contributed by atoms with Gasteiger partial charge in [0.1, 0.15) is 5.69 Å². The molecule has 0 aliphatic carbocycles. The highest BCUT2D eigenvalue weighted by Gasteiger charge is 2.28. The van der Waals surface area contributed by atoms with E-state index in [0.29, 0.717) is 6.42 Å². The highest BCUT2D eigenvalue weighted by atomic mass is 19.2. The molecule has 0 unspecified atom stereocenters. The lowest BCUT2D eigenvalue weighted by Gasteiger charge is -2.28. The second kappa shape index (κ2) is 4.22. The number of halogens is 4. The zero-order valence-corrected chi connectivity index (χ0v) is 9.55. The van der Waals surface area contributed by atoms with Crippen molar-refractivity contribution in [2.45, 2.75) is 13.0 Å². The van der Waals surface area contributed by atoms with E-state index in [0.717, 1.165) is 11.3 Å². The van der Waals surface area contributed by atoms with Gasteiger partial charge in [-0.2, -0.15) is 27.6 Å². The number of aromatic nitrogens is 3. The highest BCUT2D eigenvalue weighted by Crippen LogP contribution is 2.30. The summed E-state index contributed by atoms with van der Waals surface area (Å²) in [5.41, 5.74) is 0.867. The number of anilines is 1. The fourth-order valence-corrected chi connectivity index (χ4v) is 2.17. The predicted molar refractivity (Wildman–Crippen MR) is 57.4 cm³/mol. The maximum Gasteiger partial charge on any atom is 0.253 e. The minimum atomic E-state index is -1.65. The van der Waals surface area contributed by atoms with Crippen molar-refractivity contribution in [1.82, 2.24) is 15.2 Å². The molecule has 0 bridgehead atoms. The molecule has 0 radical (unpaired) electrons. The van der Waals surface area contributed by atoms with Gasteiger partial charge in [-0.05, 0) is 0 Å². The molecular weight excluding hydrogens is 264 g/mol. The Morgan fingerprint density at radius 1 is 1.11 bits per heavy atom. The van der Waals surface area contributed by atoms with Gasteiger partial charge in [-0.25, -0.2) is 0 Å². The summed E-state index contributed by atoms with van der Waals surface area (Å²) in [4.78, 5) is 3.77. The van der Waals surface area contributed by atoms with Crippen molar-refractivity contribution >= 4 is 5.69 Å². The Hall–Kier alpha value is -2.12. The number of hydrogen-bond donors (Lipinski definition) is 1. The molecule has 100 valence electrons. The zero-order valence-electron chi connectivity index (χ0n) is 9.55. The summed E-state index contributed by atoms with van der Waals surface area (Å²) in [6.45, 7) is 0.356. The van der Waals surface area contributed by atoms with Crippen LogP contribution >= 0.6 is 0 Å². The van der Waals surface area contributed by atoms with Crippen molar-refractivity contribution in [3.8, 4) is 0 Å². The van der Waals surface area contributed by atoms with Crippen LogP contribution in [0.25, 0.3) is 0 Å². The van der Waals surface area contributed by atoms with E-state index in [1.807, 2.05) is 0 Å². The van der Waals surface area contributed by atoms with Gasteiger partial charge in [0, 0.05) is 30.8 Å². The van der Waals surface area contributed by atoms with Crippen LogP contribution in [0.2, 0.25) is 0 Å². The topological polar surface area (TPSA) is 44.8 Å². The molecule has 4 nitrogen and oxygen atoms in total. The summed E-state index contributed by atoms with van der Waals surface area (Å²) >= 11 is 0. The van der Waals surface area contributed by atoms with Crippen LogP contribution in [0.4, 0.5) is 23.2 Å². The molecule has 1 aliphatic rings. The number of nitrogens with one attached hydrogen (secondary N) is 1. The van der Waals surface area contributed by atoms with Crippen LogP contribution in [0.5, 0.6) is 0 Å². The van der Waals surface area contributed by atoms with Gasteiger partial charge in [0.05, 0.1) is 6.20 Å². The SMILES string of the molecule is Fc1nc(F)c(F)c(N2CCc3[nH]ncc3C2)c1F. The van der Waals surface area contributed by atoms with Crippen LogP contribution in [0.15, 0.2) is 6.20 Å². The van der Waals surface area contributed by atoms with Gasteiger partial charge in [0.2, 0.25) is 11.6 Å². The quantitative estimate of drug-likeness (QED) is 0.637. The first-order valence-electron chi connectivity index (χ1n) is 5.54. The Kier molecular flexibility index (Phi) is 2.65. The number of nitrogens with zero attached hydrogens (tertiary/aromatic N) is 3. The lowest BCUT2D eigenvalue weighted by molar-refractivity contribution is 0.404. The second-order valence-corrected chi connectivity index (χ2v) is 4.22. The number of fused-ring (bicyclic) bond motifs is 1. The average Bonchev–Trinajstić information content (AvgIpc) is 2.84. The summed E-state index contributed by atoms with van der Waals surface area (Å²) in [6, 6.07) is 0. The molecule has 0 saturated heterocycles. The maximum atomic E-state index is 13.6. The van der Waals surface area contributed by atoms with Crippen LogP contribution < -0.4 is 4.90 Å². The van der Waals surface area contributed by atoms with Crippen molar-refractivity contribution < 1.29 is 17.6 Å². The van der Waals surface area contributed by atoms with E-state index in [-0.39, 0.29) is 13.1 Å². The summed E-state index contributed by atoms with van der Waals surface area (Å²) < 4.78 is 53.4. The summed E-state index contributed by atoms with van der Waals surface area (Å²) in [6.07, 6.45) is 1.98. The Morgan fingerprint density at radius 2 is 1.79 bits per heavy atom. The van der Waals surface area contributed by atoms with E-state index >= 15 is 0 Å². The van der Waals surface area contributed by atoms with Gasteiger partial charge >= 0.3 is 0 Å². The molecule has 2 aromatic heterocycles. The summed E-state index contributed by atoms with van der Waals surface area (Å²) in [5, 5.41) is 6.57.